The van der Waals surface area contributed by atoms with Crippen molar-refractivity contribution in [1.29, 1.82) is 0 Å². The van der Waals surface area contributed by atoms with Crippen LogP contribution in [0.4, 0.5) is 5.00 Å². The summed E-state index contributed by atoms with van der Waals surface area (Å²) in [5, 5.41) is 12.1. The van der Waals surface area contributed by atoms with Crippen LogP contribution in [0.5, 0.6) is 0 Å². The Hall–Kier alpha value is -1.18. The van der Waals surface area contributed by atoms with E-state index in [4.69, 9.17) is 5.73 Å². The zero-order valence-electron chi connectivity index (χ0n) is 9.57. The normalized spacial score (nSPS) is 19.2. The zero-order chi connectivity index (χ0) is 12.4. The maximum Gasteiger partial charge on any atom is 0.324 e. The molecular weight excluding hydrogens is 278 g/mol. The maximum atomic E-state index is 12.0. The van der Waals surface area contributed by atoms with Crippen molar-refractivity contribution in [3.8, 4) is 0 Å². The standard InChI is InChI=1S/C10H13N3O3S.ClH/c11-8-2-1-3-12(5-8)10(14)7-4-9(13(15)16)17-6-7;/h4,6,8H,1-3,5,11H2;1H. The smallest absolute Gasteiger partial charge is 0.324 e. The van der Waals surface area contributed by atoms with Crippen LogP contribution < -0.4 is 5.73 Å². The largest absolute Gasteiger partial charge is 0.337 e. The highest BCUT2D eigenvalue weighted by atomic mass is 35.5. The van der Waals surface area contributed by atoms with Gasteiger partial charge in [0.2, 0.25) is 0 Å². The van der Waals surface area contributed by atoms with E-state index in [1.165, 1.54) is 11.4 Å². The molecule has 2 N–H and O–H groups in total. The third-order valence-corrected chi connectivity index (χ3v) is 3.64. The molecular formula is C10H14ClN3O3S. The number of nitrogens with zero attached hydrogens (tertiary/aromatic N) is 2. The lowest BCUT2D eigenvalue weighted by atomic mass is 10.1. The van der Waals surface area contributed by atoms with Gasteiger partial charge < -0.3 is 10.6 Å². The monoisotopic (exact) mass is 291 g/mol. The fourth-order valence-corrected chi connectivity index (χ4v) is 2.61. The number of amides is 1. The molecule has 0 spiro atoms. The molecule has 0 aliphatic carbocycles. The van der Waals surface area contributed by atoms with Crippen molar-refractivity contribution in [2.24, 2.45) is 5.73 Å². The second-order valence-electron chi connectivity index (χ2n) is 4.08. The molecule has 1 aliphatic heterocycles. The Balaban J connectivity index is 0.00000162. The van der Waals surface area contributed by atoms with E-state index in [9.17, 15) is 14.9 Å². The van der Waals surface area contributed by atoms with Crippen LogP contribution in [-0.4, -0.2) is 34.9 Å². The van der Waals surface area contributed by atoms with Crippen molar-refractivity contribution in [2.75, 3.05) is 13.1 Å². The van der Waals surface area contributed by atoms with Crippen molar-refractivity contribution < 1.29 is 9.72 Å². The number of carbonyl (C=O) groups excluding carboxylic acids is 1. The Morgan fingerprint density at radius 3 is 2.89 bits per heavy atom. The van der Waals surface area contributed by atoms with Gasteiger partial charge in [-0.05, 0) is 12.8 Å². The van der Waals surface area contributed by atoms with Gasteiger partial charge in [-0.25, -0.2) is 0 Å². The Labute approximate surface area is 114 Å². The molecule has 0 radical (unpaired) electrons. The highest BCUT2D eigenvalue weighted by Crippen LogP contribution is 2.24. The number of likely N-dealkylation sites (tertiary alicyclic amines) is 1. The zero-order valence-corrected chi connectivity index (χ0v) is 11.2. The van der Waals surface area contributed by atoms with Gasteiger partial charge in [0, 0.05) is 30.6 Å². The van der Waals surface area contributed by atoms with Gasteiger partial charge >= 0.3 is 5.00 Å². The lowest BCUT2D eigenvalue weighted by Gasteiger charge is -2.30. The average molecular weight is 292 g/mol. The fraction of sp³-hybridized carbons (Fsp3) is 0.500. The summed E-state index contributed by atoms with van der Waals surface area (Å²) in [6, 6.07) is 1.34. The van der Waals surface area contributed by atoms with Crippen LogP contribution >= 0.6 is 23.7 Å². The lowest BCUT2D eigenvalue weighted by molar-refractivity contribution is -0.380. The van der Waals surface area contributed by atoms with E-state index >= 15 is 0 Å². The van der Waals surface area contributed by atoms with Crippen LogP contribution in [0.25, 0.3) is 0 Å². The Morgan fingerprint density at radius 1 is 1.61 bits per heavy atom. The van der Waals surface area contributed by atoms with Gasteiger partial charge in [-0.2, -0.15) is 0 Å². The molecule has 1 aromatic heterocycles. The topological polar surface area (TPSA) is 89.5 Å². The molecule has 100 valence electrons. The van der Waals surface area contributed by atoms with E-state index in [0.29, 0.717) is 18.7 Å². The summed E-state index contributed by atoms with van der Waals surface area (Å²) < 4.78 is 0. The number of nitro groups is 1. The fourth-order valence-electron chi connectivity index (χ4n) is 1.91. The van der Waals surface area contributed by atoms with Crippen LogP contribution in [0.2, 0.25) is 0 Å². The Morgan fingerprint density at radius 2 is 2.33 bits per heavy atom. The number of rotatable bonds is 2. The van der Waals surface area contributed by atoms with Gasteiger partial charge in [-0.1, -0.05) is 11.3 Å². The first-order valence-electron chi connectivity index (χ1n) is 5.35. The molecule has 1 unspecified atom stereocenters. The van der Waals surface area contributed by atoms with Gasteiger partial charge in [0.1, 0.15) is 0 Å². The van der Waals surface area contributed by atoms with Gasteiger partial charge in [0.25, 0.3) is 5.91 Å². The highest BCUT2D eigenvalue weighted by Gasteiger charge is 2.24. The molecule has 0 bridgehead atoms. The van der Waals surface area contributed by atoms with E-state index in [-0.39, 0.29) is 29.4 Å². The van der Waals surface area contributed by atoms with Crippen molar-refractivity contribution in [2.45, 2.75) is 18.9 Å². The number of piperidine rings is 1. The molecule has 0 aromatic carbocycles. The first-order valence-corrected chi connectivity index (χ1v) is 6.23. The quantitative estimate of drug-likeness (QED) is 0.662. The van der Waals surface area contributed by atoms with Gasteiger partial charge in [0.15, 0.2) is 0 Å². The van der Waals surface area contributed by atoms with E-state index < -0.39 is 4.92 Å². The van der Waals surface area contributed by atoms with Crippen LogP contribution in [0, 0.1) is 10.1 Å². The van der Waals surface area contributed by atoms with Crippen LogP contribution in [0.1, 0.15) is 23.2 Å². The van der Waals surface area contributed by atoms with Crippen LogP contribution in [-0.2, 0) is 0 Å². The van der Waals surface area contributed by atoms with Gasteiger partial charge in [-0.15, -0.1) is 12.4 Å². The molecule has 1 amide bonds. The molecule has 6 nitrogen and oxygen atoms in total. The molecule has 2 rings (SSSR count). The minimum atomic E-state index is -0.483. The van der Waals surface area contributed by atoms with Crippen molar-refractivity contribution >= 4 is 34.7 Å². The average Bonchev–Trinajstić information content (AvgIpc) is 2.77. The summed E-state index contributed by atoms with van der Waals surface area (Å²) in [5.74, 6) is -0.162. The molecule has 18 heavy (non-hydrogen) atoms. The first-order chi connectivity index (χ1) is 8.08. The minimum Gasteiger partial charge on any atom is -0.337 e. The predicted molar refractivity (Wildman–Crippen MR) is 71.3 cm³/mol. The summed E-state index contributed by atoms with van der Waals surface area (Å²) in [7, 11) is 0. The third-order valence-electron chi connectivity index (χ3n) is 2.76. The SMILES string of the molecule is Cl.NC1CCCN(C(=O)c2csc([N+](=O)[O-])c2)C1. The molecule has 1 fully saturated rings. The second-order valence-corrected chi connectivity index (χ2v) is 4.97. The molecule has 1 saturated heterocycles. The molecule has 1 atom stereocenters. The molecule has 8 heteroatoms. The van der Waals surface area contributed by atoms with Crippen molar-refractivity contribution in [3.63, 3.8) is 0 Å². The van der Waals surface area contributed by atoms with E-state index in [1.54, 1.807) is 4.90 Å². The first kappa shape index (κ1) is 14.9. The number of hydrogen-bond acceptors (Lipinski definition) is 5. The van der Waals surface area contributed by atoms with Crippen LogP contribution in [0.3, 0.4) is 0 Å². The van der Waals surface area contributed by atoms with Crippen LogP contribution in [0.15, 0.2) is 11.4 Å². The Bertz CT molecular complexity index is 451. The summed E-state index contributed by atoms with van der Waals surface area (Å²) in [4.78, 5) is 23.8. The summed E-state index contributed by atoms with van der Waals surface area (Å²) in [5.41, 5.74) is 6.18. The summed E-state index contributed by atoms with van der Waals surface area (Å²) in [6.07, 6.45) is 1.81. The number of carbonyl (C=O) groups is 1. The van der Waals surface area contributed by atoms with Crippen molar-refractivity contribution in [1.82, 2.24) is 4.90 Å². The lowest BCUT2D eigenvalue weighted by Crippen LogP contribution is -2.45. The van der Waals surface area contributed by atoms with E-state index in [1.807, 2.05) is 0 Å². The molecule has 0 saturated carbocycles. The third kappa shape index (κ3) is 3.18. The number of nitrogens with two attached hydrogens (primary N) is 1. The van der Waals surface area contributed by atoms with Crippen molar-refractivity contribution in [3.05, 3.63) is 27.1 Å². The number of hydrogen-bond donors (Lipinski definition) is 1. The predicted octanol–water partition coefficient (Wildman–Crippen LogP) is 1.64. The summed E-state index contributed by atoms with van der Waals surface area (Å²) in [6.45, 7) is 1.21. The van der Waals surface area contributed by atoms with E-state index in [0.717, 1.165) is 24.2 Å². The maximum absolute atomic E-state index is 12.0. The molecule has 1 aromatic rings. The number of halogens is 1. The van der Waals surface area contributed by atoms with Gasteiger partial charge in [-0.3, -0.25) is 14.9 Å². The second kappa shape index (κ2) is 6.12. The van der Waals surface area contributed by atoms with E-state index in [2.05, 4.69) is 0 Å². The Kier molecular flexibility index (Phi) is 5.06. The molecule has 1 aliphatic rings. The minimum absolute atomic E-state index is 0. The molecule has 2 heterocycles. The summed E-state index contributed by atoms with van der Waals surface area (Å²) >= 11 is 0.973. The number of thiophene rings is 1. The highest BCUT2D eigenvalue weighted by molar-refractivity contribution is 7.13. The van der Waals surface area contributed by atoms with Gasteiger partial charge in [0.05, 0.1) is 10.5 Å².